The molecule has 0 saturated carbocycles. The Morgan fingerprint density at radius 3 is 0.974 bits per heavy atom. The van der Waals surface area contributed by atoms with Crippen LogP contribution < -0.4 is 0 Å². The fourth-order valence-corrected chi connectivity index (χ4v) is 6.84. The van der Waals surface area contributed by atoms with Gasteiger partial charge >= 0.3 is 0 Å². The molecule has 0 nitrogen and oxygen atoms in total. The van der Waals surface area contributed by atoms with Crippen molar-refractivity contribution in [2.24, 2.45) is 5.92 Å². The van der Waals surface area contributed by atoms with E-state index in [4.69, 9.17) is 0 Å². The Bertz CT molecular complexity index is 514. The third kappa shape index (κ3) is 25.1. The van der Waals surface area contributed by atoms with Gasteiger partial charge in [-0.15, -0.1) is 9.24 Å². The Morgan fingerprint density at radius 1 is 0.385 bits per heavy atom. The van der Waals surface area contributed by atoms with Crippen LogP contribution in [0.5, 0.6) is 0 Å². The minimum Gasteiger partial charge on any atom is -0.131 e. The molecule has 0 N–H and O–H groups in total. The van der Waals surface area contributed by atoms with Crippen LogP contribution in [-0.4, -0.2) is 5.16 Å². The second kappa shape index (κ2) is 30.6. The number of hydrogen-bond donors (Lipinski definition) is 0. The van der Waals surface area contributed by atoms with Crippen molar-refractivity contribution >= 4 is 9.24 Å². The molecule has 0 radical (unpaired) electrons. The minimum atomic E-state index is 0.521. The van der Waals surface area contributed by atoms with Crippen molar-refractivity contribution in [1.82, 2.24) is 0 Å². The topological polar surface area (TPSA) is 0 Å². The van der Waals surface area contributed by atoms with Crippen LogP contribution in [0.4, 0.5) is 0 Å². The Labute approximate surface area is 250 Å². The maximum atomic E-state index is 3.49. The summed E-state index contributed by atoms with van der Waals surface area (Å²) in [6.07, 6.45) is 37.6. The van der Waals surface area contributed by atoms with Gasteiger partial charge in [0.1, 0.15) is 0 Å². The van der Waals surface area contributed by atoms with Gasteiger partial charge in [0.2, 0.25) is 0 Å². The highest BCUT2D eigenvalue weighted by atomic mass is 31.0. The van der Waals surface area contributed by atoms with Gasteiger partial charge in [-0.2, -0.15) is 0 Å². The van der Waals surface area contributed by atoms with Crippen LogP contribution in [0.15, 0.2) is 36.4 Å². The van der Waals surface area contributed by atoms with Gasteiger partial charge < -0.3 is 0 Å². The van der Waals surface area contributed by atoms with E-state index < -0.39 is 0 Å². The van der Waals surface area contributed by atoms with Gasteiger partial charge in [-0.3, -0.25) is 0 Å². The Kier molecular flexibility index (Phi) is 30.3. The van der Waals surface area contributed by atoms with Crippen LogP contribution in [0.3, 0.4) is 0 Å². The molecular formula is C38H73P. The molecule has 1 aromatic rings. The molecule has 1 aromatic carbocycles. The normalized spacial score (nSPS) is 12.2. The monoisotopic (exact) mass is 561 g/mol. The Balaban J connectivity index is 0.00000210. The van der Waals surface area contributed by atoms with E-state index in [0.717, 1.165) is 5.92 Å². The van der Waals surface area contributed by atoms with Crippen LogP contribution >= 0.6 is 9.24 Å². The van der Waals surface area contributed by atoms with Gasteiger partial charge in [0.25, 0.3) is 0 Å². The minimum absolute atomic E-state index is 0.521. The molecule has 0 aliphatic rings. The summed E-state index contributed by atoms with van der Waals surface area (Å²) in [4.78, 5) is 0. The highest BCUT2D eigenvalue weighted by Gasteiger charge is 2.32. The van der Waals surface area contributed by atoms with Crippen LogP contribution in [0.25, 0.3) is 0 Å². The molecule has 0 spiro atoms. The zero-order valence-electron chi connectivity index (χ0n) is 27.5. The highest BCUT2D eigenvalue weighted by Crippen LogP contribution is 2.44. The summed E-state index contributed by atoms with van der Waals surface area (Å²) in [5.41, 5.74) is 0. The maximum Gasteiger partial charge on any atom is -0.0122 e. The molecule has 0 amide bonds. The summed E-state index contributed by atoms with van der Waals surface area (Å²) in [7, 11) is 3.49. The van der Waals surface area contributed by atoms with Gasteiger partial charge in [0.15, 0.2) is 0 Å². The first-order valence-corrected chi connectivity index (χ1v) is 18.5. The molecule has 0 fully saturated rings. The van der Waals surface area contributed by atoms with Crippen molar-refractivity contribution in [3.63, 3.8) is 0 Å². The lowest BCUT2D eigenvalue weighted by Gasteiger charge is -2.39. The second-order valence-corrected chi connectivity index (χ2v) is 13.7. The van der Waals surface area contributed by atoms with E-state index in [9.17, 15) is 0 Å². The first-order valence-electron chi connectivity index (χ1n) is 17.9. The lowest BCUT2D eigenvalue weighted by molar-refractivity contribution is 0.270. The summed E-state index contributed by atoms with van der Waals surface area (Å²) in [6, 6.07) is 12.0. The van der Waals surface area contributed by atoms with Crippen LogP contribution in [-0.2, 0) is 0 Å². The fourth-order valence-electron chi connectivity index (χ4n) is 6.09. The molecule has 0 saturated heterocycles. The molecule has 0 bridgehead atoms. The van der Waals surface area contributed by atoms with E-state index in [0.29, 0.717) is 5.16 Å². The molecule has 0 aromatic heterocycles. The fraction of sp³-hybridized carbons (Fsp3) is 0.842. The second-order valence-electron chi connectivity index (χ2n) is 12.5. The number of hydrogen-bond acceptors (Lipinski definition) is 0. The molecule has 39 heavy (non-hydrogen) atoms. The molecule has 0 aliphatic carbocycles. The molecular weight excluding hydrogens is 487 g/mol. The summed E-state index contributed by atoms with van der Waals surface area (Å²) in [5.74, 6) is 0.941. The van der Waals surface area contributed by atoms with Gasteiger partial charge in [0.05, 0.1) is 0 Å². The summed E-state index contributed by atoms with van der Waals surface area (Å²) in [5, 5.41) is 0.521. The molecule has 230 valence electrons. The van der Waals surface area contributed by atoms with Crippen molar-refractivity contribution in [3.8, 4) is 0 Å². The molecule has 2 atom stereocenters. The largest absolute Gasteiger partial charge is 0.131 e. The molecule has 1 rings (SSSR count). The van der Waals surface area contributed by atoms with Crippen LogP contribution in [0, 0.1) is 5.92 Å². The van der Waals surface area contributed by atoms with Crippen LogP contribution in [0.1, 0.15) is 195 Å². The van der Waals surface area contributed by atoms with Crippen molar-refractivity contribution < 1.29 is 0 Å². The van der Waals surface area contributed by atoms with E-state index in [1.807, 2.05) is 36.4 Å². The third-order valence-corrected chi connectivity index (χ3v) is 9.83. The summed E-state index contributed by atoms with van der Waals surface area (Å²) in [6.45, 7) is 9.36. The molecule has 0 aliphatic heterocycles. The van der Waals surface area contributed by atoms with Crippen molar-refractivity contribution in [2.75, 3.05) is 0 Å². The quantitative estimate of drug-likeness (QED) is 0.0741. The zero-order valence-corrected chi connectivity index (χ0v) is 28.7. The number of benzene rings is 1. The SMILES string of the molecule is CCCCCCCCCCCCC(CCCCCC)C(P)(CCCCCC)CCCCCC.c1ccccc1. The van der Waals surface area contributed by atoms with E-state index >= 15 is 0 Å². The van der Waals surface area contributed by atoms with Crippen molar-refractivity contribution in [2.45, 2.75) is 200 Å². The van der Waals surface area contributed by atoms with Gasteiger partial charge in [-0.1, -0.05) is 205 Å². The molecule has 2 unspecified atom stereocenters. The maximum absolute atomic E-state index is 3.49. The standard InChI is InChI=1S/C32H67P.C6H6/c1-5-9-13-17-18-19-20-21-22-24-28-31(27-23-14-10-6-2)32(33,29-25-15-11-7-3)30-26-16-12-8-4;1-2-4-6-5-3-1/h31H,5-30,33H2,1-4H3;1-6H. The summed E-state index contributed by atoms with van der Waals surface area (Å²) < 4.78 is 0. The van der Waals surface area contributed by atoms with E-state index in [1.54, 1.807) is 0 Å². The first-order chi connectivity index (χ1) is 19.1. The average molecular weight is 561 g/mol. The lowest BCUT2D eigenvalue weighted by Crippen LogP contribution is -2.32. The Morgan fingerprint density at radius 2 is 0.641 bits per heavy atom. The third-order valence-electron chi connectivity index (χ3n) is 8.78. The molecule has 0 heterocycles. The predicted octanol–water partition coefficient (Wildman–Crippen LogP) is 14.1. The van der Waals surface area contributed by atoms with E-state index in [2.05, 4.69) is 36.9 Å². The van der Waals surface area contributed by atoms with Crippen molar-refractivity contribution in [3.05, 3.63) is 36.4 Å². The van der Waals surface area contributed by atoms with Gasteiger partial charge in [-0.05, 0) is 36.8 Å². The number of unbranched alkanes of at least 4 members (excludes halogenated alkanes) is 18. The Hall–Kier alpha value is -0.350. The number of rotatable bonds is 27. The summed E-state index contributed by atoms with van der Waals surface area (Å²) >= 11 is 0. The smallest absolute Gasteiger partial charge is 0.0122 e. The van der Waals surface area contributed by atoms with E-state index in [1.165, 1.54) is 167 Å². The van der Waals surface area contributed by atoms with Crippen molar-refractivity contribution in [1.29, 1.82) is 0 Å². The lowest BCUT2D eigenvalue weighted by atomic mass is 9.77. The average Bonchev–Trinajstić information content (AvgIpc) is 2.97. The van der Waals surface area contributed by atoms with Gasteiger partial charge in [-0.25, -0.2) is 0 Å². The zero-order chi connectivity index (χ0) is 28.7. The molecule has 1 heteroatoms. The predicted molar refractivity (Wildman–Crippen MR) is 185 cm³/mol. The van der Waals surface area contributed by atoms with Gasteiger partial charge in [0, 0.05) is 0 Å². The first kappa shape index (κ1) is 38.6. The highest BCUT2D eigenvalue weighted by molar-refractivity contribution is 7.19. The van der Waals surface area contributed by atoms with E-state index in [-0.39, 0.29) is 0 Å². The van der Waals surface area contributed by atoms with Crippen LogP contribution in [0.2, 0.25) is 0 Å².